The van der Waals surface area contributed by atoms with Crippen molar-refractivity contribution >= 4 is 109 Å². The molecule has 0 fully saturated rings. The normalized spacial score (nSPS) is 13.3. The molecule has 220 valence electrons. The third-order valence-corrected chi connectivity index (χ3v) is 8.79. The Morgan fingerprint density at radius 3 is 1.97 bits per heavy atom. The van der Waals surface area contributed by atoms with Crippen molar-refractivity contribution in [2.45, 2.75) is 51.6 Å². The van der Waals surface area contributed by atoms with Crippen LogP contribution in [0.25, 0.3) is 0 Å². The molecule has 0 heterocycles. The lowest BCUT2D eigenvalue weighted by Crippen LogP contribution is -2.44. The molecular weight excluding hydrogens is 880 g/mol. The number of hydrogen-bond donors (Lipinski definition) is 5. The molecule has 0 aliphatic rings. The monoisotopic (exact) mass is 910 g/mol. The predicted molar refractivity (Wildman–Crippen MR) is 166 cm³/mol. The van der Waals surface area contributed by atoms with Crippen molar-refractivity contribution in [3.63, 3.8) is 0 Å². The van der Waals surface area contributed by atoms with Crippen LogP contribution in [-0.4, -0.2) is 99.6 Å². The van der Waals surface area contributed by atoms with Gasteiger partial charge in [0, 0.05) is 45.5 Å². The minimum atomic E-state index is -1.33. The molecule has 0 aliphatic heterocycles. The summed E-state index contributed by atoms with van der Waals surface area (Å²) in [5, 5.41) is 41.4. The van der Waals surface area contributed by atoms with Crippen molar-refractivity contribution in [2.75, 3.05) is 37.5 Å². The maximum absolute atomic E-state index is 13.8. The van der Waals surface area contributed by atoms with Crippen LogP contribution in [0.5, 0.6) is 0 Å². The van der Waals surface area contributed by atoms with Crippen molar-refractivity contribution in [3.05, 3.63) is 21.8 Å². The topological polar surface area (TPSA) is 183 Å². The molecule has 1 rings (SSSR count). The second kappa shape index (κ2) is 18.1. The van der Waals surface area contributed by atoms with E-state index in [9.17, 15) is 39.6 Å². The first-order valence-electron chi connectivity index (χ1n) is 11.5. The number of carbonyl (C=O) groups is 4. The van der Waals surface area contributed by atoms with Gasteiger partial charge in [-0.25, -0.2) is 0 Å². The highest BCUT2D eigenvalue weighted by Crippen LogP contribution is 2.37. The van der Waals surface area contributed by atoms with Gasteiger partial charge in [0.2, 0.25) is 0 Å². The Bertz CT molecular complexity index is 1030. The Balaban J connectivity index is 3.71. The zero-order valence-electron chi connectivity index (χ0n) is 21.1. The van der Waals surface area contributed by atoms with E-state index in [1.807, 2.05) is 67.8 Å². The fraction of sp³-hybridized carbons (Fsp3) is 0.565. The maximum atomic E-state index is 13.8. The van der Waals surface area contributed by atoms with Gasteiger partial charge in [-0.2, -0.15) is 0 Å². The fourth-order valence-corrected chi connectivity index (χ4v) is 7.61. The standard InChI is InChI=1S/C23H30ClI3N2O10/c1-11(32)38-10-15-18(25)17(23(37)29(6-13(34)8-30)7-14(35)9-31)20(27)21(19(15)26)28-22(36)16(4-3-5-24)39-12(2)33/h13-14,16,30-31,34-35H,3-10H2,1-2H3,(H,28,36). The SMILES string of the molecule is CC(=O)OCc1c(I)c(NC(=O)C(CCCCl)OC(C)=O)c(I)c(C(=O)N(CC(O)CO)CC(O)CO)c1I. The van der Waals surface area contributed by atoms with Gasteiger partial charge in [-0.15, -0.1) is 11.6 Å². The second-order valence-corrected chi connectivity index (χ2v) is 11.9. The molecule has 3 unspecified atom stereocenters. The summed E-state index contributed by atoms with van der Waals surface area (Å²) in [5.74, 6) is -2.34. The quantitative estimate of drug-likeness (QED) is 0.0986. The van der Waals surface area contributed by atoms with E-state index in [1.165, 1.54) is 13.8 Å². The van der Waals surface area contributed by atoms with Crippen LogP contribution in [-0.2, 0) is 30.5 Å². The average Bonchev–Trinajstić information content (AvgIpc) is 2.87. The lowest BCUT2D eigenvalue weighted by molar-refractivity contribution is -0.152. The van der Waals surface area contributed by atoms with E-state index in [4.69, 9.17) is 21.1 Å². The largest absolute Gasteiger partial charge is 0.461 e. The van der Waals surface area contributed by atoms with Crippen LogP contribution >= 0.6 is 79.4 Å². The van der Waals surface area contributed by atoms with Crippen molar-refractivity contribution in [1.29, 1.82) is 0 Å². The summed E-state index contributed by atoms with van der Waals surface area (Å²) < 4.78 is 11.5. The number of anilines is 1. The summed E-state index contributed by atoms with van der Waals surface area (Å²) in [6.07, 6.45) is -3.26. The van der Waals surface area contributed by atoms with Crippen LogP contribution in [0, 0.1) is 10.7 Å². The molecule has 0 bridgehead atoms. The summed E-state index contributed by atoms with van der Waals surface area (Å²) in [6.45, 7) is 0.123. The lowest BCUT2D eigenvalue weighted by atomic mass is 10.1. The van der Waals surface area contributed by atoms with Gasteiger partial charge in [-0.05, 0) is 80.6 Å². The molecule has 1 aromatic carbocycles. The Morgan fingerprint density at radius 2 is 1.51 bits per heavy atom. The molecular formula is C23H30ClI3N2O10. The third-order valence-electron chi connectivity index (χ3n) is 5.06. The molecule has 1 aromatic rings. The van der Waals surface area contributed by atoms with Gasteiger partial charge in [0.1, 0.15) is 6.61 Å². The van der Waals surface area contributed by atoms with Gasteiger partial charge in [-0.1, -0.05) is 0 Å². The summed E-state index contributed by atoms with van der Waals surface area (Å²) in [6, 6.07) is 0. The van der Waals surface area contributed by atoms with Crippen LogP contribution < -0.4 is 5.32 Å². The molecule has 3 atom stereocenters. The number of rotatable bonds is 15. The number of amides is 2. The highest BCUT2D eigenvalue weighted by atomic mass is 127. The molecule has 16 heteroatoms. The van der Waals surface area contributed by atoms with E-state index in [0.29, 0.717) is 19.1 Å². The van der Waals surface area contributed by atoms with Crippen LogP contribution in [0.1, 0.15) is 42.6 Å². The number of esters is 2. The van der Waals surface area contributed by atoms with E-state index in [-0.39, 0.29) is 46.8 Å². The summed E-state index contributed by atoms with van der Waals surface area (Å²) in [4.78, 5) is 51.2. The highest BCUT2D eigenvalue weighted by Gasteiger charge is 2.31. The van der Waals surface area contributed by atoms with E-state index < -0.39 is 55.3 Å². The lowest BCUT2D eigenvalue weighted by Gasteiger charge is -2.29. The van der Waals surface area contributed by atoms with E-state index in [0.717, 1.165) is 4.90 Å². The highest BCUT2D eigenvalue weighted by molar-refractivity contribution is 14.1. The minimum Gasteiger partial charge on any atom is -0.461 e. The van der Waals surface area contributed by atoms with Crippen LogP contribution in [0.15, 0.2) is 0 Å². The van der Waals surface area contributed by atoms with Crippen molar-refractivity contribution < 1.29 is 49.1 Å². The molecule has 5 N–H and O–H groups in total. The molecule has 0 spiro atoms. The van der Waals surface area contributed by atoms with Crippen molar-refractivity contribution in [3.8, 4) is 0 Å². The number of hydrogen-bond acceptors (Lipinski definition) is 10. The maximum Gasteiger partial charge on any atom is 0.303 e. The van der Waals surface area contributed by atoms with Gasteiger partial charge < -0.3 is 40.1 Å². The zero-order chi connectivity index (χ0) is 29.9. The van der Waals surface area contributed by atoms with Crippen LogP contribution in [0.3, 0.4) is 0 Å². The molecule has 39 heavy (non-hydrogen) atoms. The first-order valence-corrected chi connectivity index (χ1v) is 15.3. The number of ether oxygens (including phenoxy) is 2. The summed E-state index contributed by atoms with van der Waals surface area (Å²) in [5.41, 5.74) is 0.662. The molecule has 12 nitrogen and oxygen atoms in total. The van der Waals surface area contributed by atoms with Gasteiger partial charge in [0.25, 0.3) is 11.8 Å². The number of aliphatic hydroxyl groups is 4. The zero-order valence-corrected chi connectivity index (χ0v) is 28.3. The molecule has 0 aromatic heterocycles. The van der Waals surface area contributed by atoms with Crippen molar-refractivity contribution in [2.24, 2.45) is 0 Å². The van der Waals surface area contributed by atoms with Gasteiger partial charge in [0.15, 0.2) is 6.10 Å². The Morgan fingerprint density at radius 1 is 0.949 bits per heavy atom. The van der Waals surface area contributed by atoms with Crippen LogP contribution in [0.2, 0.25) is 0 Å². The first-order chi connectivity index (χ1) is 18.3. The molecule has 0 radical (unpaired) electrons. The number of benzene rings is 1. The number of nitrogens with one attached hydrogen (secondary N) is 1. The first kappa shape index (κ1) is 36.4. The number of nitrogens with zero attached hydrogens (tertiary/aromatic N) is 1. The van der Waals surface area contributed by atoms with Gasteiger partial charge in [-0.3, -0.25) is 19.2 Å². The number of carbonyl (C=O) groups excluding carboxylic acids is 4. The second-order valence-electron chi connectivity index (χ2n) is 8.25. The molecule has 0 saturated carbocycles. The Hall–Kier alpha value is -0.580. The molecule has 0 aliphatic carbocycles. The van der Waals surface area contributed by atoms with Crippen LogP contribution in [0.4, 0.5) is 5.69 Å². The van der Waals surface area contributed by atoms with E-state index in [1.54, 1.807) is 0 Å². The number of halogens is 4. The Kier molecular flexibility index (Phi) is 16.9. The third kappa shape index (κ3) is 11.3. The van der Waals surface area contributed by atoms with Crippen molar-refractivity contribution in [1.82, 2.24) is 4.90 Å². The van der Waals surface area contributed by atoms with E-state index in [2.05, 4.69) is 5.32 Å². The molecule has 2 amide bonds. The van der Waals surface area contributed by atoms with Gasteiger partial charge in [0.05, 0.1) is 40.2 Å². The summed E-state index contributed by atoms with van der Waals surface area (Å²) >= 11 is 11.5. The van der Waals surface area contributed by atoms with Gasteiger partial charge >= 0.3 is 11.9 Å². The van der Waals surface area contributed by atoms with E-state index >= 15 is 0 Å². The number of alkyl halides is 1. The Labute approximate surface area is 271 Å². The molecule has 0 saturated heterocycles. The summed E-state index contributed by atoms with van der Waals surface area (Å²) in [7, 11) is 0. The predicted octanol–water partition coefficient (Wildman–Crippen LogP) is 1.60. The average molecular weight is 911 g/mol. The smallest absolute Gasteiger partial charge is 0.303 e. The fourth-order valence-electron chi connectivity index (χ4n) is 3.25. The number of aliphatic hydroxyl groups excluding tert-OH is 4. The minimum absolute atomic E-state index is 0.0640.